The van der Waals surface area contributed by atoms with Crippen LogP contribution in [0.1, 0.15) is 6.92 Å². The van der Waals surface area contributed by atoms with Crippen molar-refractivity contribution in [1.82, 2.24) is 0 Å². The number of rotatable bonds is 15. The van der Waals surface area contributed by atoms with Crippen molar-refractivity contribution in [1.29, 1.82) is 0 Å². The average Bonchev–Trinajstić information content (AvgIpc) is 2.41. The Labute approximate surface area is 114 Å². The lowest BCUT2D eigenvalue weighted by molar-refractivity contribution is -0.149. The molecule has 0 saturated heterocycles. The molecule has 0 rings (SSSR count). The zero-order valence-electron chi connectivity index (χ0n) is 11.6. The summed E-state index contributed by atoms with van der Waals surface area (Å²) >= 11 is 0. The Bertz CT molecular complexity index is 168. The Balaban J connectivity index is 3.09. The van der Waals surface area contributed by atoms with Crippen molar-refractivity contribution in [3.8, 4) is 0 Å². The van der Waals surface area contributed by atoms with E-state index in [9.17, 15) is 5.11 Å². The second-order valence-electron chi connectivity index (χ2n) is 3.55. The molecule has 0 aliphatic heterocycles. The lowest BCUT2D eigenvalue weighted by atomic mass is 10.6. The third-order valence-corrected chi connectivity index (χ3v) is 1.98. The highest BCUT2D eigenvalue weighted by atomic mass is 16.6. The van der Waals surface area contributed by atoms with Crippen LogP contribution in [0.3, 0.4) is 0 Å². The van der Waals surface area contributed by atoms with Crippen molar-refractivity contribution < 1.29 is 33.9 Å². The Morgan fingerprint density at radius 2 is 1.37 bits per heavy atom. The molecule has 0 fully saturated rings. The van der Waals surface area contributed by atoms with Gasteiger partial charge < -0.3 is 33.9 Å². The minimum atomic E-state index is -0.971. The molecule has 0 radical (unpaired) electrons. The summed E-state index contributed by atoms with van der Waals surface area (Å²) in [5.74, 6) is 0. The van der Waals surface area contributed by atoms with Gasteiger partial charge >= 0.3 is 0 Å². The summed E-state index contributed by atoms with van der Waals surface area (Å²) in [6.45, 7) is 5.53. The van der Waals surface area contributed by atoms with E-state index in [1.807, 2.05) is 6.92 Å². The van der Waals surface area contributed by atoms with Gasteiger partial charge in [0.25, 0.3) is 0 Å². The molecule has 0 aromatic heterocycles. The summed E-state index contributed by atoms with van der Waals surface area (Å²) in [5.41, 5.74) is 0. The van der Waals surface area contributed by atoms with E-state index in [0.29, 0.717) is 39.6 Å². The predicted molar refractivity (Wildman–Crippen MR) is 68.0 cm³/mol. The van der Waals surface area contributed by atoms with Crippen LogP contribution in [-0.2, 0) is 23.7 Å². The minimum Gasteiger partial charge on any atom is -0.394 e. The second kappa shape index (κ2) is 15.8. The molecule has 0 heterocycles. The van der Waals surface area contributed by atoms with Gasteiger partial charge in [0, 0.05) is 6.61 Å². The lowest BCUT2D eigenvalue weighted by Gasteiger charge is -2.12. The van der Waals surface area contributed by atoms with E-state index >= 15 is 0 Å². The van der Waals surface area contributed by atoms with Crippen LogP contribution in [-0.4, -0.2) is 82.6 Å². The maximum atomic E-state index is 9.37. The van der Waals surface area contributed by atoms with E-state index in [0.717, 1.165) is 0 Å². The topological polar surface area (TPSA) is 86.6 Å². The molecule has 0 aromatic carbocycles. The highest BCUT2D eigenvalue weighted by Gasteiger charge is 2.03. The van der Waals surface area contributed by atoms with E-state index in [-0.39, 0.29) is 26.4 Å². The molecule has 2 N–H and O–H groups in total. The summed E-state index contributed by atoms with van der Waals surface area (Å²) in [7, 11) is 0. The number of hydrogen-bond donors (Lipinski definition) is 2. The van der Waals surface area contributed by atoms with Gasteiger partial charge in [-0.15, -0.1) is 0 Å². The Morgan fingerprint density at radius 1 is 0.789 bits per heavy atom. The van der Waals surface area contributed by atoms with Gasteiger partial charge in [-0.3, -0.25) is 0 Å². The molecule has 0 bridgehead atoms. The molecule has 7 heteroatoms. The van der Waals surface area contributed by atoms with Crippen LogP contribution in [0.5, 0.6) is 0 Å². The van der Waals surface area contributed by atoms with Crippen LogP contribution in [0.25, 0.3) is 0 Å². The molecular formula is C12H26O7. The lowest BCUT2D eigenvalue weighted by Crippen LogP contribution is -2.23. The molecule has 7 nitrogen and oxygen atoms in total. The molecule has 0 amide bonds. The van der Waals surface area contributed by atoms with Crippen LogP contribution in [0.2, 0.25) is 0 Å². The van der Waals surface area contributed by atoms with Gasteiger partial charge in [-0.2, -0.15) is 0 Å². The summed E-state index contributed by atoms with van der Waals surface area (Å²) in [6.07, 6.45) is -0.971. The number of aliphatic hydroxyl groups is 2. The molecular weight excluding hydrogens is 256 g/mol. The summed E-state index contributed by atoms with van der Waals surface area (Å²) in [5, 5.41) is 17.8. The van der Waals surface area contributed by atoms with Crippen LogP contribution in [0.4, 0.5) is 0 Å². The smallest absolute Gasteiger partial charge is 0.178 e. The standard InChI is InChI=1S/C12H26O7/c1-2-15-5-6-17-7-8-18-11-12(14)19-10-9-16-4-3-13/h12-14H,2-11H2,1H3. The number of hydrogen-bond acceptors (Lipinski definition) is 7. The molecule has 0 aliphatic carbocycles. The van der Waals surface area contributed by atoms with Gasteiger partial charge in [0.2, 0.25) is 0 Å². The first-order valence-electron chi connectivity index (χ1n) is 6.52. The molecule has 0 aromatic rings. The first-order chi connectivity index (χ1) is 9.31. The van der Waals surface area contributed by atoms with Crippen molar-refractivity contribution in [3.63, 3.8) is 0 Å². The van der Waals surface area contributed by atoms with E-state index in [1.54, 1.807) is 0 Å². The van der Waals surface area contributed by atoms with Crippen molar-refractivity contribution in [2.45, 2.75) is 13.2 Å². The van der Waals surface area contributed by atoms with Crippen LogP contribution >= 0.6 is 0 Å². The third kappa shape index (κ3) is 15.7. The van der Waals surface area contributed by atoms with Gasteiger partial charge in [-0.1, -0.05) is 0 Å². The quantitative estimate of drug-likeness (QED) is 0.306. The summed E-state index contributed by atoms with van der Waals surface area (Å²) < 4.78 is 25.5. The third-order valence-electron chi connectivity index (χ3n) is 1.98. The van der Waals surface area contributed by atoms with Gasteiger partial charge in [-0.25, -0.2) is 0 Å². The largest absolute Gasteiger partial charge is 0.394 e. The minimum absolute atomic E-state index is 0.0189. The first kappa shape index (κ1) is 18.7. The molecule has 1 atom stereocenters. The van der Waals surface area contributed by atoms with Crippen LogP contribution in [0, 0.1) is 0 Å². The van der Waals surface area contributed by atoms with Crippen molar-refractivity contribution in [2.75, 3.05) is 66.1 Å². The normalized spacial score (nSPS) is 12.8. The Morgan fingerprint density at radius 3 is 2.05 bits per heavy atom. The van der Waals surface area contributed by atoms with Gasteiger partial charge in [0.1, 0.15) is 0 Å². The molecule has 0 saturated carbocycles. The predicted octanol–water partition coefficient (Wildman–Crippen LogP) is -0.600. The zero-order valence-corrected chi connectivity index (χ0v) is 11.6. The molecule has 0 spiro atoms. The Kier molecular flexibility index (Phi) is 15.5. The summed E-state index contributed by atoms with van der Waals surface area (Å²) in [6, 6.07) is 0. The van der Waals surface area contributed by atoms with Gasteiger partial charge in [-0.05, 0) is 6.92 Å². The molecule has 1 unspecified atom stereocenters. The van der Waals surface area contributed by atoms with E-state index in [1.165, 1.54) is 0 Å². The molecule has 116 valence electrons. The summed E-state index contributed by atoms with van der Waals surface area (Å²) in [4.78, 5) is 0. The SMILES string of the molecule is CCOCCOCCOCC(O)OCCOCCO. The fourth-order valence-electron chi connectivity index (χ4n) is 1.12. The Hall–Kier alpha value is -0.280. The molecule has 19 heavy (non-hydrogen) atoms. The average molecular weight is 282 g/mol. The van der Waals surface area contributed by atoms with E-state index in [4.69, 9.17) is 28.8 Å². The van der Waals surface area contributed by atoms with Crippen molar-refractivity contribution in [3.05, 3.63) is 0 Å². The number of aliphatic hydroxyl groups excluding tert-OH is 2. The van der Waals surface area contributed by atoms with Gasteiger partial charge in [0.15, 0.2) is 6.29 Å². The van der Waals surface area contributed by atoms with Gasteiger partial charge in [0.05, 0.1) is 59.5 Å². The van der Waals surface area contributed by atoms with E-state index < -0.39 is 6.29 Å². The second-order valence-corrected chi connectivity index (χ2v) is 3.55. The fourth-order valence-corrected chi connectivity index (χ4v) is 1.12. The highest BCUT2D eigenvalue weighted by molar-refractivity contribution is 4.40. The van der Waals surface area contributed by atoms with Crippen molar-refractivity contribution in [2.24, 2.45) is 0 Å². The fraction of sp³-hybridized carbons (Fsp3) is 1.00. The van der Waals surface area contributed by atoms with E-state index in [2.05, 4.69) is 0 Å². The maximum absolute atomic E-state index is 9.37. The van der Waals surface area contributed by atoms with Crippen molar-refractivity contribution >= 4 is 0 Å². The maximum Gasteiger partial charge on any atom is 0.178 e. The number of ether oxygens (including phenoxy) is 5. The highest BCUT2D eigenvalue weighted by Crippen LogP contribution is 1.90. The van der Waals surface area contributed by atoms with Crippen LogP contribution < -0.4 is 0 Å². The molecule has 0 aliphatic rings. The van der Waals surface area contributed by atoms with Crippen LogP contribution in [0.15, 0.2) is 0 Å². The first-order valence-corrected chi connectivity index (χ1v) is 6.52. The zero-order chi connectivity index (χ0) is 14.2. The monoisotopic (exact) mass is 282 g/mol.